The molecule has 1 amide bonds. The van der Waals surface area contributed by atoms with Gasteiger partial charge in [-0.25, -0.2) is 0 Å². The second kappa shape index (κ2) is 7.28. The highest BCUT2D eigenvalue weighted by molar-refractivity contribution is 5.78. The van der Waals surface area contributed by atoms with Gasteiger partial charge >= 0.3 is 5.97 Å². The average molecular weight is 204 g/mol. The maximum Gasteiger partial charge on any atom is 0.306 e. The van der Waals surface area contributed by atoms with Crippen LogP contribution in [0.2, 0.25) is 0 Å². The van der Waals surface area contributed by atoms with Crippen LogP contribution in [-0.2, 0) is 14.3 Å². The number of rotatable bonds is 7. The maximum atomic E-state index is 11.0. The van der Waals surface area contributed by atoms with Gasteiger partial charge in [-0.15, -0.1) is 0 Å². The van der Waals surface area contributed by atoms with Crippen molar-refractivity contribution in [1.82, 2.24) is 10.6 Å². The van der Waals surface area contributed by atoms with Gasteiger partial charge in [0.15, 0.2) is 0 Å². The molecule has 0 aromatic rings. The van der Waals surface area contributed by atoms with Gasteiger partial charge in [-0.3, -0.25) is 9.59 Å². The minimum atomic E-state index is -0.945. The lowest BCUT2D eigenvalue weighted by Crippen LogP contribution is -2.38. The Hall–Kier alpha value is -1.14. The first-order chi connectivity index (χ1) is 6.60. The number of ether oxygens (including phenoxy) is 1. The lowest BCUT2D eigenvalue weighted by Gasteiger charge is -2.13. The van der Waals surface area contributed by atoms with Crippen LogP contribution in [0.25, 0.3) is 0 Å². The minimum absolute atomic E-state index is 0.115. The fourth-order valence-electron chi connectivity index (χ4n) is 0.884. The van der Waals surface area contributed by atoms with Crippen LogP contribution in [0.3, 0.4) is 0 Å². The summed E-state index contributed by atoms with van der Waals surface area (Å²) in [7, 11) is 3.07. The molecule has 0 aliphatic carbocycles. The Balaban J connectivity index is 3.71. The van der Waals surface area contributed by atoms with Gasteiger partial charge in [0.1, 0.15) is 0 Å². The van der Waals surface area contributed by atoms with Crippen molar-refractivity contribution >= 4 is 11.9 Å². The van der Waals surface area contributed by atoms with E-state index in [1.807, 2.05) is 0 Å². The van der Waals surface area contributed by atoms with E-state index in [0.29, 0.717) is 0 Å². The Morgan fingerprint density at radius 1 is 1.50 bits per heavy atom. The Bertz CT molecular complexity index is 196. The number of aliphatic carboxylic acids is 1. The van der Waals surface area contributed by atoms with E-state index in [4.69, 9.17) is 9.84 Å². The van der Waals surface area contributed by atoms with Gasteiger partial charge < -0.3 is 20.5 Å². The van der Waals surface area contributed by atoms with E-state index < -0.39 is 12.1 Å². The molecule has 0 bridgehead atoms. The van der Waals surface area contributed by atoms with Crippen LogP contribution in [0.1, 0.15) is 6.42 Å². The van der Waals surface area contributed by atoms with Gasteiger partial charge in [0.25, 0.3) is 0 Å². The van der Waals surface area contributed by atoms with Gasteiger partial charge in [-0.1, -0.05) is 0 Å². The highest BCUT2D eigenvalue weighted by Crippen LogP contribution is 1.94. The molecule has 14 heavy (non-hydrogen) atoms. The van der Waals surface area contributed by atoms with Crippen molar-refractivity contribution in [2.24, 2.45) is 0 Å². The molecule has 0 heterocycles. The molecule has 6 heteroatoms. The Labute approximate surface area is 82.6 Å². The highest BCUT2D eigenvalue weighted by atomic mass is 16.5. The van der Waals surface area contributed by atoms with Crippen LogP contribution >= 0.6 is 0 Å². The summed E-state index contributed by atoms with van der Waals surface area (Å²) in [5, 5.41) is 13.7. The molecule has 3 N–H and O–H groups in total. The zero-order valence-electron chi connectivity index (χ0n) is 8.37. The molecule has 0 saturated carbocycles. The van der Waals surface area contributed by atoms with Crippen LogP contribution in [0.5, 0.6) is 0 Å². The Morgan fingerprint density at radius 2 is 2.14 bits per heavy atom. The summed E-state index contributed by atoms with van der Waals surface area (Å²) >= 11 is 0. The average Bonchev–Trinajstić information content (AvgIpc) is 2.12. The predicted octanol–water partition coefficient (Wildman–Crippen LogP) is -1.19. The number of hydrogen-bond donors (Lipinski definition) is 3. The lowest BCUT2D eigenvalue weighted by molar-refractivity contribution is -0.140. The van der Waals surface area contributed by atoms with Crippen LogP contribution < -0.4 is 10.6 Å². The number of nitrogens with one attached hydrogen (secondary N) is 2. The van der Waals surface area contributed by atoms with E-state index >= 15 is 0 Å². The molecule has 1 atom stereocenters. The van der Waals surface area contributed by atoms with Crippen molar-refractivity contribution in [1.29, 1.82) is 0 Å². The number of amides is 1. The Kier molecular flexibility index (Phi) is 6.69. The topological polar surface area (TPSA) is 87.7 Å². The minimum Gasteiger partial charge on any atom is -0.481 e. The molecule has 1 unspecified atom stereocenters. The molecular formula is C8H16N2O4. The predicted molar refractivity (Wildman–Crippen MR) is 50.0 cm³/mol. The van der Waals surface area contributed by atoms with Gasteiger partial charge in [-0.05, 0) is 7.05 Å². The van der Waals surface area contributed by atoms with Crippen LogP contribution in [0, 0.1) is 0 Å². The van der Waals surface area contributed by atoms with Crippen molar-refractivity contribution in [2.75, 3.05) is 27.2 Å². The fraction of sp³-hybridized carbons (Fsp3) is 0.750. The van der Waals surface area contributed by atoms with Crippen molar-refractivity contribution in [3.05, 3.63) is 0 Å². The van der Waals surface area contributed by atoms with E-state index in [9.17, 15) is 9.59 Å². The van der Waals surface area contributed by atoms with E-state index in [2.05, 4.69) is 10.6 Å². The fourth-order valence-corrected chi connectivity index (χ4v) is 0.884. The molecule has 0 saturated heterocycles. The second-order valence-corrected chi connectivity index (χ2v) is 2.79. The van der Waals surface area contributed by atoms with E-state index in [0.717, 1.165) is 0 Å². The van der Waals surface area contributed by atoms with E-state index in [1.54, 1.807) is 7.05 Å². The molecule has 0 aliphatic heterocycles. The first-order valence-electron chi connectivity index (χ1n) is 4.26. The number of hydrogen-bond acceptors (Lipinski definition) is 4. The smallest absolute Gasteiger partial charge is 0.306 e. The number of carboxylic acid groups (broad SMARTS) is 1. The zero-order chi connectivity index (χ0) is 11.0. The van der Waals surface area contributed by atoms with Crippen LogP contribution in [0.15, 0.2) is 0 Å². The monoisotopic (exact) mass is 204 g/mol. The molecule has 6 nitrogen and oxygen atoms in total. The van der Waals surface area contributed by atoms with Crippen molar-refractivity contribution in [2.45, 2.75) is 12.5 Å². The molecule has 0 aromatic carbocycles. The summed E-state index contributed by atoms with van der Waals surface area (Å²) in [5.74, 6) is -1.13. The van der Waals surface area contributed by atoms with Crippen LogP contribution in [-0.4, -0.2) is 50.3 Å². The Morgan fingerprint density at radius 3 is 2.57 bits per heavy atom. The number of carbonyl (C=O) groups excluding carboxylic acids is 1. The van der Waals surface area contributed by atoms with Gasteiger partial charge in [-0.2, -0.15) is 0 Å². The molecule has 0 radical (unpaired) electrons. The third-order valence-electron chi connectivity index (χ3n) is 1.60. The van der Waals surface area contributed by atoms with Gasteiger partial charge in [0.2, 0.25) is 5.91 Å². The summed E-state index contributed by atoms with van der Waals surface area (Å²) in [6, 6.07) is 0. The van der Waals surface area contributed by atoms with Gasteiger partial charge in [0.05, 0.1) is 19.1 Å². The summed E-state index contributed by atoms with van der Waals surface area (Å²) in [4.78, 5) is 21.3. The quantitative estimate of drug-likeness (QED) is 0.485. The van der Waals surface area contributed by atoms with Crippen molar-refractivity contribution < 1.29 is 19.4 Å². The maximum absolute atomic E-state index is 11.0. The molecule has 0 spiro atoms. The molecule has 0 fully saturated rings. The molecular weight excluding hydrogens is 188 g/mol. The molecule has 0 rings (SSSR count). The first kappa shape index (κ1) is 12.9. The molecule has 82 valence electrons. The third-order valence-corrected chi connectivity index (χ3v) is 1.60. The molecule has 0 aromatic heterocycles. The number of carboxylic acids is 1. The second-order valence-electron chi connectivity index (χ2n) is 2.79. The number of likely N-dealkylation sites (N-methyl/N-ethyl adjacent to an activating group) is 1. The third kappa shape index (κ3) is 6.38. The highest BCUT2D eigenvalue weighted by Gasteiger charge is 2.12. The summed E-state index contributed by atoms with van der Waals surface area (Å²) in [5.41, 5.74) is 0. The summed E-state index contributed by atoms with van der Waals surface area (Å²) in [6.07, 6.45) is -0.593. The van der Waals surface area contributed by atoms with E-state index in [-0.39, 0.29) is 25.4 Å². The van der Waals surface area contributed by atoms with Gasteiger partial charge in [0, 0.05) is 13.7 Å². The molecule has 0 aliphatic rings. The largest absolute Gasteiger partial charge is 0.481 e. The van der Waals surface area contributed by atoms with Crippen molar-refractivity contribution in [3.63, 3.8) is 0 Å². The zero-order valence-corrected chi connectivity index (χ0v) is 8.37. The van der Waals surface area contributed by atoms with Crippen LogP contribution in [0.4, 0.5) is 0 Å². The normalized spacial score (nSPS) is 12.1. The number of carbonyl (C=O) groups is 2. The number of methoxy groups -OCH3 is 1. The first-order valence-corrected chi connectivity index (χ1v) is 4.26. The standard InChI is InChI=1S/C8H16N2O4/c1-9-5-7(11)10-4-6(14-2)3-8(12)13/h6,9H,3-5H2,1-2H3,(H,10,11)(H,12,13). The van der Waals surface area contributed by atoms with Crippen molar-refractivity contribution in [3.8, 4) is 0 Å². The SMILES string of the molecule is CNCC(=O)NCC(CC(=O)O)OC. The van der Waals surface area contributed by atoms with E-state index in [1.165, 1.54) is 7.11 Å². The summed E-state index contributed by atoms with van der Waals surface area (Å²) in [6.45, 7) is 0.423. The lowest BCUT2D eigenvalue weighted by atomic mass is 10.2. The summed E-state index contributed by atoms with van der Waals surface area (Å²) < 4.78 is 4.87.